The topological polar surface area (TPSA) is 69.7 Å². The number of hydrogen-bond donors (Lipinski definition) is 1. The Kier molecular flexibility index (Phi) is 6.12. The van der Waals surface area contributed by atoms with Crippen molar-refractivity contribution in [2.24, 2.45) is 0 Å². The highest BCUT2D eigenvalue weighted by atomic mass is 32.2. The van der Waals surface area contributed by atoms with Gasteiger partial charge in [-0.2, -0.15) is 17.0 Å². The average molecular weight is 416 g/mol. The molecule has 1 aliphatic rings. The monoisotopic (exact) mass is 415 g/mol. The molecule has 1 amide bonds. The van der Waals surface area contributed by atoms with Crippen molar-refractivity contribution in [3.8, 4) is 0 Å². The first-order valence-electron chi connectivity index (χ1n) is 9.77. The smallest absolute Gasteiger partial charge is 0.282 e. The van der Waals surface area contributed by atoms with Gasteiger partial charge in [-0.15, -0.1) is 0 Å². The first kappa shape index (κ1) is 21.5. The quantitative estimate of drug-likeness (QED) is 0.815. The zero-order valence-electron chi connectivity index (χ0n) is 17.7. The van der Waals surface area contributed by atoms with Crippen LogP contribution in [0.2, 0.25) is 0 Å². The lowest BCUT2D eigenvalue weighted by Gasteiger charge is -2.20. The molecule has 7 heteroatoms. The normalized spacial score (nSPS) is 16.9. The second-order valence-electron chi connectivity index (χ2n) is 7.92. The number of carbonyl (C=O) groups excluding carboxylic acids is 1. The van der Waals surface area contributed by atoms with Gasteiger partial charge in [0.25, 0.3) is 10.2 Å². The molecule has 2 aromatic rings. The molecule has 2 aromatic carbocycles. The third kappa shape index (κ3) is 4.69. The largest absolute Gasteiger partial charge is 0.325 e. The Morgan fingerprint density at radius 1 is 0.897 bits per heavy atom. The van der Waals surface area contributed by atoms with Gasteiger partial charge in [0.05, 0.1) is 6.54 Å². The summed E-state index contributed by atoms with van der Waals surface area (Å²) in [5.74, 6) is -0.329. The van der Waals surface area contributed by atoms with Crippen LogP contribution in [0.25, 0.3) is 0 Å². The molecule has 1 aliphatic heterocycles. The maximum atomic E-state index is 13.0. The van der Waals surface area contributed by atoms with Crippen molar-refractivity contribution in [1.82, 2.24) is 8.61 Å². The highest BCUT2D eigenvalue weighted by Crippen LogP contribution is 2.24. The molecular formula is C22H29N3O3S. The van der Waals surface area contributed by atoms with Crippen LogP contribution in [0, 0.1) is 34.6 Å². The molecule has 29 heavy (non-hydrogen) atoms. The van der Waals surface area contributed by atoms with Gasteiger partial charge in [0.1, 0.15) is 0 Å². The molecule has 1 N–H and O–H groups in total. The first-order valence-corrected chi connectivity index (χ1v) is 11.2. The molecule has 156 valence electrons. The Hall–Kier alpha value is -2.22. The molecule has 0 saturated carbocycles. The van der Waals surface area contributed by atoms with Crippen LogP contribution in [0.15, 0.2) is 30.3 Å². The molecule has 0 aromatic heterocycles. The van der Waals surface area contributed by atoms with Crippen molar-refractivity contribution in [2.75, 3.05) is 25.0 Å². The van der Waals surface area contributed by atoms with Gasteiger partial charge in [-0.05, 0) is 62.9 Å². The van der Waals surface area contributed by atoms with E-state index in [1.165, 1.54) is 8.61 Å². The number of nitrogens with zero attached hydrogens (tertiary/aromatic N) is 2. The number of rotatable bonds is 5. The van der Waals surface area contributed by atoms with Crippen molar-refractivity contribution in [1.29, 1.82) is 0 Å². The number of carbonyl (C=O) groups is 1. The van der Waals surface area contributed by atoms with E-state index in [2.05, 4.69) is 17.4 Å². The fraction of sp³-hybridized carbons (Fsp3) is 0.409. The van der Waals surface area contributed by atoms with Crippen LogP contribution in [0.5, 0.6) is 0 Å². The molecule has 0 bridgehead atoms. The molecule has 1 heterocycles. The summed E-state index contributed by atoms with van der Waals surface area (Å²) in [6.45, 7) is 10.8. The number of amides is 1. The molecular weight excluding hydrogens is 386 g/mol. The first-order chi connectivity index (χ1) is 13.6. The summed E-state index contributed by atoms with van der Waals surface area (Å²) in [6, 6.07) is 9.88. The van der Waals surface area contributed by atoms with Crippen LogP contribution >= 0.6 is 0 Å². The second kappa shape index (κ2) is 8.26. The Balaban J connectivity index is 1.69. The number of aryl methyl sites for hydroxylation is 5. The molecule has 0 spiro atoms. The van der Waals surface area contributed by atoms with E-state index in [1.54, 1.807) is 0 Å². The maximum absolute atomic E-state index is 13.0. The predicted molar refractivity (Wildman–Crippen MR) is 116 cm³/mol. The highest BCUT2D eigenvalue weighted by molar-refractivity contribution is 7.87. The molecule has 0 unspecified atom stereocenters. The van der Waals surface area contributed by atoms with Gasteiger partial charge in [0.2, 0.25) is 5.91 Å². The van der Waals surface area contributed by atoms with Gasteiger partial charge in [-0.3, -0.25) is 4.79 Å². The van der Waals surface area contributed by atoms with Crippen molar-refractivity contribution >= 4 is 21.8 Å². The summed E-state index contributed by atoms with van der Waals surface area (Å²) in [5, 5.41) is 2.83. The Morgan fingerprint density at radius 2 is 1.48 bits per heavy atom. The van der Waals surface area contributed by atoms with Crippen molar-refractivity contribution in [3.05, 3.63) is 63.7 Å². The lowest BCUT2D eigenvalue weighted by Crippen LogP contribution is -2.38. The van der Waals surface area contributed by atoms with E-state index in [4.69, 9.17) is 0 Å². The van der Waals surface area contributed by atoms with Crippen molar-refractivity contribution in [2.45, 2.75) is 41.2 Å². The average Bonchev–Trinajstić information content (AvgIpc) is 2.87. The second-order valence-corrected chi connectivity index (χ2v) is 9.85. The van der Waals surface area contributed by atoms with Gasteiger partial charge >= 0.3 is 0 Å². The fourth-order valence-corrected chi connectivity index (χ4v) is 5.40. The zero-order valence-corrected chi connectivity index (χ0v) is 18.6. The number of anilines is 1. The predicted octanol–water partition coefficient (Wildman–Crippen LogP) is 3.23. The lowest BCUT2D eigenvalue weighted by molar-refractivity contribution is -0.116. The van der Waals surface area contributed by atoms with Gasteiger partial charge < -0.3 is 5.32 Å². The minimum Gasteiger partial charge on any atom is -0.325 e. The number of hydrogen-bond acceptors (Lipinski definition) is 3. The summed E-state index contributed by atoms with van der Waals surface area (Å²) in [5.41, 5.74) is 7.14. The SMILES string of the molecule is Cc1ccc(NC(=O)CN2CCN(Cc3c(C)cc(C)cc3C)S2(=O)=O)c(C)c1. The third-order valence-corrected chi connectivity index (χ3v) is 7.33. The van der Waals surface area contributed by atoms with E-state index in [-0.39, 0.29) is 12.5 Å². The fourth-order valence-electron chi connectivity index (χ4n) is 3.88. The van der Waals surface area contributed by atoms with Crippen LogP contribution in [0.1, 0.15) is 33.4 Å². The summed E-state index contributed by atoms with van der Waals surface area (Å²) >= 11 is 0. The van der Waals surface area contributed by atoms with Crippen LogP contribution in [-0.2, 0) is 21.5 Å². The van der Waals surface area contributed by atoms with Crippen molar-refractivity contribution in [3.63, 3.8) is 0 Å². The van der Waals surface area contributed by atoms with Gasteiger partial charge in [-0.1, -0.05) is 35.4 Å². The lowest BCUT2D eigenvalue weighted by atomic mass is 10.00. The van der Waals surface area contributed by atoms with E-state index >= 15 is 0 Å². The summed E-state index contributed by atoms with van der Waals surface area (Å²) in [4.78, 5) is 12.5. The van der Waals surface area contributed by atoms with Crippen LogP contribution < -0.4 is 5.32 Å². The molecule has 0 aliphatic carbocycles. The molecule has 0 atom stereocenters. The summed E-state index contributed by atoms with van der Waals surface area (Å²) < 4.78 is 28.6. The van der Waals surface area contributed by atoms with E-state index in [0.717, 1.165) is 33.4 Å². The highest BCUT2D eigenvalue weighted by Gasteiger charge is 2.37. The Morgan fingerprint density at radius 3 is 2.10 bits per heavy atom. The van der Waals surface area contributed by atoms with Crippen molar-refractivity contribution < 1.29 is 13.2 Å². The van der Waals surface area contributed by atoms with Gasteiger partial charge in [0.15, 0.2) is 0 Å². The molecule has 3 rings (SSSR count). The summed E-state index contributed by atoms with van der Waals surface area (Å²) in [7, 11) is -3.67. The Labute approximate surface area is 173 Å². The zero-order chi connectivity index (χ0) is 21.3. The number of benzene rings is 2. The van der Waals surface area contributed by atoms with Crippen LogP contribution in [0.4, 0.5) is 5.69 Å². The maximum Gasteiger partial charge on any atom is 0.282 e. The number of nitrogens with one attached hydrogen (secondary N) is 1. The van der Waals surface area contributed by atoms with E-state index < -0.39 is 10.2 Å². The third-order valence-electron chi connectivity index (χ3n) is 5.40. The molecule has 0 radical (unpaired) electrons. The Bertz CT molecular complexity index is 1020. The molecule has 1 saturated heterocycles. The van der Waals surface area contributed by atoms with Gasteiger partial charge in [0, 0.05) is 25.3 Å². The van der Waals surface area contributed by atoms with Gasteiger partial charge in [-0.25, -0.2) is 0 Å². The van der Waals surface area contributed by atoms with E-state index in [9.17, 15) is 13.2 Å². The van der Waals surface area contributed by atoms with Crippen LogP contribution in [0.3, 0.4) is 0 Å². The van der Waals surface area contributed by atoms with E-state index in [0.29, 0.717) is 25.3 Å². The van der Waals surface area contributed by atoms with E-state index in [1.807, 2.05) is 52.8 Å². The minimum atomic E-state index is -3.67. The minimum absolute atomic E-state index is 0.183. The summed E-state index contributed by atoms with van der Waals surface area (Å²) in [6.07, 6.45) is 0. The van der Waals surface area contributed by atoms with Crippen LogP contribution in [-0.4, -0.2) is 42.6 Å². The molecule has 6 nitrogen and oxygen atoms in total. The molecule has 1 fully saturated rings. The standard InChI is InChI=1S/C22H29N3O3S/c1-15-6-7-21(19(5)10-15)23-22(26)14-25-9-8-24(29(25,27)28)13-20-17(3)11-16(2)12-18(20)4/h6-7,10-12H,8-9,13-14H2,1-5H3,(H,23,26).